The molecular weight excluding hydrogens is 144 g/mol. The maximum Gasteiger partial charge on any atom is -0.0383 e. The van der Waals surface area contributed by atoms with Crippen LogP contribution in [0.15, 0.2) is 0 Å². The lowest BCUT2D eigenvalue weighted by Gasteiger charge is -2.04. The van der Waals surface area contributed by atoms with Gasteiger partial charge in [-0.05, 0) is 31.1 Å². The van der Waals surface area contributed by atoms with Crippen LogP contribution >= 0.6 is 0 Å². The lowest BCUT2D eigenvalue weighted by molar-refractivity contribution is 0.468. The molecule has 2 fully saturated rings. The normalized spacial score (nSPS) is 28.0. The molecule has 2 atom stereocenters. The van der Waals surface area contributed by atoms with Gasteiger partial charge in [-0.1, -0.05) is 47.0 Å². The van der Waals surface area contributed by atoms with Crippen LogP contribution in [0.4, 0.5) is 0 Å². The van der Waals surface area contributed by atoms with Crippen molar-refractivity contribution in [2.24, 2.45) is 11.8 Å². The Hall–Kier alpha value is 0. The van der Waals surface area contributed by atoms with E-state index < -0.39 is 0 Å². The maximum absolute atomic E-state index is 2.21. The van der Waals surface area contributed by atoms with E-state index in [0.717, 1.165) is 0 Å². The summed E-state index contributed by atoms with van der Waals surface area (Å²) in [5.74, 6) is 2.46. The highest BCUT2D eigenvalue weighted by Crippen LogP contribution is 2.55. The van der Waals surface area contributed by atoms with E-state index in [-0.39, 0.29) is 0 Å². The first kappa shape index (κ1) is 12.0. The highest BCUT2D eigenvalue weighted by Gasteiger charge is 2.44. The molecular formula is C12H26. The number of hydrogen-bond acceptors (Lipinski definition) is 0. The molecule has 0 aromatic heterocycles. The van der Waals surface area contributed by atoms with Crippen LogP contribution in [0.3, 0.4) is 0 Å². The van der Waals surface area contributed by atoms with Crippen molar-refractivity contribution in [3.63, 3.8) is 0 Å². The van der Waals surface area contributed by atoms with E-state index in [9.17, 15) is 0 Å². The molecule has 2 aliphatic carbocycles. The van der Waals surface area contributed by atoms with Gasteiger partial charge in [-0.25, -0.2) is 0 Å². The Morgan fingerprint density at radius 3 is 1.33 bits per heavy atom. The standard InChI is InChI=1S/C5H8.C5H12.C2H6/c1-2-5-3-4(1)5;1-3-5-4-2;1-2/h4-5H,1-3H2;3-5H2,1-2H3;1-2H3. The van der Waals surface area contributed by atoms with Gasteiger partial charge in [0.1, 0.15) is 0 Å². The molecule has 0 aromatic carbocycles. The van der Waals surface area contributed by atoms with Gasteiger partial charge in [-0.3, -0.25) is 0 Å². The van der Waals surface area contributed by atoms with Crippen molar-refractivity contribution in [1.29, 1.82) is 0 Å². The third-order valence-electron chi connectivity index (χ3n) is 2.68. The third kappa shape index (κ3) is 4.79. The Morgan fingerprint density at radius 2 is 1.33 bits per heavy atom. The largest absolute Gasteiger partial charge is 0.0683 e. The minimum atomic E-state index is 1.23. The highest BCUT2D eigenvalue weighted by atomic mass is 14.5. The van der Waals surface area contributed by atoms with E-state index in [1.54, 1.807) is 19.3 Å². The second-order valence-corrected chi connectivity index (χ2v) is 3.69. The summed E-state index contributed by atoms with van der Waals surface area (Å²) in [5, 5.41) is 0. The third-order valence-corrected chi connectivity index (χ3v) is 2.68. The fourth-order valence-corrected chi connectivity index (χ4v) is 1.54. The van der Waals surface area contributed by atoms with Gasteiger partial charge >= 0.3 is 0 Å². The predicted octanol–water partition coefficient (Wildman–Crippen LogP) is 4.64. The Morgan fingerprint density at radius 1 is 0.917 bits per heavy atom. The van der Waals surface area contributed by atoms with Crippen LogP contribution in [0.2, 0.25) is 0 Å². The molecule has 0 aliphatic heterocycles. The molecule has 2 saturated carbocycles. The van der Waals surface area contributed by atoms with Crippen molar-refractivity contribution in [1.82, 2.24) is 0 Å². The van der Waals surface area contributed by atoms with E-state index in [1.807, 2.05) is 13.8 Å². The molecule has 2 unspecified atom stereocenters. The molecule has 0 amide bonds. The van der Waals surface area contributed by atoms with Gasteiger partial charge in [-0.2, -0.15) is 0 Å². The van der Waals surface area contributed by atoms with E-state index in [0.29, 0.717) is 0 Å². The zero-order valence-corrected chi connectivity index (χ0v) is 9.40. The summed E-state index contributed by atoms with van der Waals surface area (Å²) in [5.41, 5.74) is 0. The summed E-state index contributed by atoms with van der Waals surface area (Å²) >= 11 is 0. The molecule has 2 aliphatic rings. The lowest BCUT2D eigenvalue weighted by atomic mass is 10.0. The highest BCUT2D eigenvalue weighted by molar-refractivity contribution is 4.95. The molecule has 0 bridgehead atoms. The molecule has 0 saturated heterocycles. The first-order chi connectivity index (χ1) is 5.88. The first-order valence-corrected chi connectivity index (χ1v) is 5.88. The molecule has 0 heteroatoms. The van der Waals surface area contributed by atoms with Gasteiger partial charge in [0.25, 0.3) is 0 Å². The molecule has 0 heterocycles. The molecule has 0 nitrogen and oxygen atoms in total. The van der Waals surface area contributed by atoms with Gasteiger partial charge in [-0.15, -0.1) is 0 Å². The Balaban J connectivity index is 0.000000168. The quantitative estimate of drug-likeness (QED) is 0.566. The van der Waals surface area contributed by atoms with Crippen LogP contribution in [0.25, 0.3) is 0 Å². The number of fused-ring (bicyclic) bond motifs is 1. The van der Waals surface area contributed by atoms with Crippen molar-refractivity contribution in [3.8, 4) is 0 Å². The average Bonchev–Trinajstić information content (AvgIpc) is 2.65. The maximum atomic E-state index is 2.21. The lowest BCUT2D eigenvalue weighted by Crippen LogP contribution is -1.93. The van der Waals surface area contributed by atoms with E-state index in [2.05, 4.69) is 13.8 Å². The summed E-state index contributed by atoms with van der Waals surface area (Å²) in [4.78, 5) is 0. The zero-order valence-electron chi connectivity index (χ0n) is 9.40. The van der Waals surface area contributed by atoms with Crippen LogP contribution in [0.1, 0.15) is 66.2 Å². The molecule has 0 radical (unpaired) electrons. The van der Waals surface area contributed by atoms with Crippen LogP contribution in [0.5, 0.6) is 0 Å². The molecule has 0 spiro atoms. The second-order valence-electron chi connectivity index (χ2n) is 3.69. The van der Waals surface area contributed by atoms with Crippen LogP contribution < -0.4 is 0 Å². The average molecular weight is 170 g/mol. The van der Waals surface area contributed by atoms with Crippen molar-refractivity contribution >= 4 is 0 Å². The van der Waals surface area contributed by atoms with Gasteiger partial charge in [0.05, 0.1) is 0 Å². The molecule has 2 rings (SSSR count). The minimum absolute atomic E-state index is 1.23. The SMILES string of the molecule is C1CC2CC12.CC.CCCCC. The second kappa shape index (κ2) is 7.64. The topological polar surface area (TPSA) is 0 Å². The van der Waals surface area contributed by atoms with E-state index >= 15 is 0 Å². The van der Waals surface area contributed by atoms with E-state index in [4.69, 9.17) is 0 Å². The van der Waals surface area contributed by atoms with Crippen molar-refractivity contribution < 1.29 is 0 Å². The Kier molecular flexibility index (Phi) is 7.64. The first-order valence-electron chi connectivity index (χ1n) is 5.88. The summed E-state index contributed by atoms with van der Waals surface area (Å²) in [6.07, 6.45) is 8.78. The summed E-state index contributed by atoms with van der Waals surface area (Å²) < 4.78 is 0. The van der Waals surface area contributed by atoms with Crippen molar-refractivity contribution in [2.45, 2.75) is 66.2 Å². The molecule has 0 N–H and O–H groups in total. The van der Waals surface area contributed by atoms with Gasteiger partial charge in [0.15, 0.2) is 0 Å². The number of rotatable bonds is 2. The minimum Gasteiger partial charge on any atom is -0.0683 e. The fourth-order valence-electron chi connectivity index (χ4n) is 1.54. The Bertz CT molecular complexity index is 72.0. The number of unbranched alkanes of at least 4 members (excludes halogenated alkanes) is 2. The molecule has 0 aromatic rings. The fraction of sp³-hybridized carbons (Fsp3) is 1.00. The summed E-state index contributed by atoms with van der Waals surface area (Å²) in [6.45, 7) is 8.42. The molecule has 12 heavy (non-hydrogen) atoms. The van der Waals surface area contributed by atoms with Gasteiger partial charge in [0.2, 0.25) is 0 Å². The van der Waals surface area contributed by atoms with Crippen molar-refractivity contribution in [3.05, 3.63) is 0 Å². The van der Waals surface area contributed by atoms with Gasteiger partial charge in [0, 0.05) is 0 Å². The van der Waals surface area contributed by atoms with Crippen LogP contribution in [0, 0.1) is 11.8 Å². The van der Waals surface area contributed by atoms with E-state index in [1.165, 1.54) is 31.1 Å². The van der Waals surface area contributed by atoms with Crippen LogP contribution in [-0.2, 0) is 0 Å². The summed E-state index contributed by atoms with van der Waals surface area (Å²) in [7, 11) is 0. The predicted molar refractivity (Wildman–Crippen MR) is 57.4 cm³/mol. The summed E-state index contributed by atoms with van der Waals surface area (Å²) in [6, 6.07) is 0. The Labute approximate surface area is 78.8 Å². The smallest absolute Gasteiger partial charge is 0.0383 e. The molecule has 74 valence electrons. The number of hydrogen-bond donors (Lipinski definition) is 0. The van der Waals surface area contributed by atoms with Crippen molar-refractivity contribution in [2.75, 3.05) is 0 Å². The monoisotopic (exact) mass is 170 g/mol. The van der Waals surface area contributed by atoms with Crippen LogP contribution in [-0.4, -0.2) is 0 Å². The van der Waals surface area contributed by atoms with Gasteiger partial charge < -0.3 is 0 Å². The zero-order chi connectivity index (χ0) is 9.40.